The predicted molar refractivity (Wildman–Crippen MR) is 74.5 cm³/mol. The van der Waals surface area contributed by atoms with Crippen molar-refractivity contribution in [3.05, 3.63) is 30.1 Å². The van der Waals surface area contributed by atoms with Gasteiger partial charge in [0.25, 0.3) is 0 Å². The van der Waals surface area contributed by atoms with Gasteiger partial charge >= 0.3 is 0 Å². The van der Waals surface area contributed by atoms with Gasteiger partial charge in [0, 0.05) is 45.1 Å². The highest BCUT2D eigenvalue weighted by Gasteiger charge is 2.07. The van der Waals surface area contributed by atoms with E-state index in [4.69, 9.17) is 0 Å². The average molecular weight is 248 g/mol. The van der Waals surface area contributed by atoms with E-state index in [2.05, 4.69) is 26.6 Å². The number of nitrogens with zero attached hydrogens (tertiary/aromatic N) is 2. The molecule has 0 bridgehead atoms. The Hall–Kier alpha value is -0.970. The molecule has 1 aliphatic heterocycles. The Labute approximate surface area is 110 Å². The third-order valence-electron chi connectivity index (χ3n) is 3.34. The lowest BCUT2D eigenvalue weighted by atomic mass is 10.2. The number of pyridine rings is 1. The summed E-state index contributed by atoms with van der Waals surface area (Å²) in [6, 6.07) is 4.10. The van der Waals surface area contributed by atoms with Crippen LogP contribution >= 0.6 is 0 Å². The van der Waals surface area contributed by atoms with Crippen LogP contribution in [0.15, 0.2) is 24.5 Å². The summed E-state index contributed by atoms with van der Waals surface area (Å²) in [6.07, 6.45) is 6.29. The molecule has 1 fully saturated rings. The molecule has 2 N–H and O–H groups in total. The SMILES string of the molecule is c1cncc(CNCCCCN2CCNCC2)c1. The van der Waals surface area contributed by atoms with E-state index >= 15 is 0 Å². The van der Waals surface area contributed by atoms with E-state index in [1.165, 1.54) is 38.0 Å². The van der Waals surface area contributed by atoms with Gasteiger partial charge in [-0.15, -0.1) is 0 Å². The summed E-state index contributed by atoms with van der Waals surface area (Å²) in [6.45, 7) is 8.00. The first-order chi connectivity index (χ1) is 8.95. The second-order valence-electron chi connectivity index (χ2n) is 4.84. The Morgan fingerprint density at radius 3 is 2.94 bits per heavy atom. The van der Waals surface area contributed by atoms with E-state index in [0.29, 0.717) is 0 Å². The molecule has 0 aliphatic carbocycles. The highest BCUT2D eigenvalue weighted by atomic mass is 15.2. The topological polar surface area (TPSA) is 40.2 Å². The second kappa shape index (κ2) is 8.19. The molecule has 1 aromatic rings. The third kappa shape index (κ3) is 5.12. The maximum Gasteiger partial charge on any atom is 0.0312 e. The van der Waals surface area contributed by atoms with E-state index in [-0.39, 0.29) is 0 Å². The monoisotopic (exact) mass is 248 g/mol. The van der Waals surface area contributed by atoms with Gasteiger partial charge in [0.1, 0.15) is 0 Å². The van der Waals surface area contributed by atoms with Crippen LogP contribution in [0.4, 0.5) is 0 Å². The van der Waals surface area contributed by atoms with Gasteiger partial charge in [-0.25, -0.2) is 0 Å². The van der Waals surface area contributed by atoms with E-state index in [1.807, 2.05) is 18.5 Å². The minimum Gasteiger partial charge on any atom is -0.314 e. The number of hydrogen-bond acceptors (Lipinski definition) is 4. The fourth-order valence-electron chi connectivity index (χ4n) is 2.26. The van der Waals surface area contributed by atoms with Gasteiger partial charge in [-0.05, 0) is 37.6 Å². The first-order valence-corrected chi connectivity index (χ1v) is 6.98. The molecule has 1 aliphatic rings. The fraction of sp³-hybridized carbons (Fsp3) is 0.643. The quantitative estimate of drug-likeness (QED) is 0.702. The lowest BCUT2D eigenvalue weighted by molar-refractivity contribution is 0.236. The molecule has 4 heteroatoms. The zero-order valence-corrected chi connectivity index (χ0v) is 11.1. The summed E-state index contributed by atoms with van der Waals surface area (Å²) in [5.41, 5.74) is 1.26. The van der Waals surface area contributed by atoms with Crippen molar-refractivity contribution < 1.29 is 0 Å². The van der Waals surface area contributed by atoms with Crippen molar-refractivity contribution in [1.82, 2.24) is 20.5 Å². The van der Waals surface area contributed by atoms with Gasteiger partial charge in [-0.2, -0.15) is 0 Å². The fourth-order valence-corrected chi connectivity index (χ4v) is 2.26. The lowest BCUT2D eigenvalue weighted by Gasteiger charge is -2.27. The Morgan fingerprint density at radius 2 is 2.17 bits per heavy atom. The molecule has 1 saturated heterocycles. The molecule has 0 amide bonds. The molecule has 2 rings (SSSR count). The molecule has 0 atom stereocenters. The molecule has 0 unspecified atom stereocenters. The van der Waals surface area contributed by atoms with Crippen LogP contribution in [0.3, 0.4) is 0 Å². The van der Waals surface area contributed by atoms with Crippen molar-refractivity contribution in [2.24, 2.45) is 0 Å². The number of rotatable bonds is 7. The maximum atomic E-state index is 4.11. The van der Waals surface area contributed by atoms with Gasteiger partial charge in [0.2, 0.25) is 0 Å². The Balaban J connectivity index is 1.46. The first-order valence-electron chi connectivity index (χ1n) is 6.98. The molecule has 0 spiro atoms. The van der Waals surface area contributed by atoms with Crippen molar-refractivity contribution in [3.63, 3.8) is 0 Å². The number of aromatic nitrogens is 1. The Kier molecular flexibility index (Phi) is 6.12. The highest BCUT2D eigenvalue weighted by Crippen LogP contribution is 1.98. The molecule has 4 nitrogen and oxygen atoms in total. The van der Waals surface area contributed by atoms with Crippen LogP contribution in [-0.2, 0) is 6.54 Å². The average Bonchev–Trinajstić information content (AvgIpc) is 2.45. The smallest absolute Gasteiger partial charge is 0.0312 e. The number of hydrogen-bond donors (Lipinski definition) is 2. The summed E-state index contributed by atoms with van der Waals surface area (Å²) in [4.78, 5) is 6.66. The summed E-state index contributed by atoms with van der Waals surface area (Å²) < 4.78 is 0. The number of nitrogens with one attached hydrogen (secondary N) is 2. The molecule has 2 heterocycles. The van der Waals surface area contributed by atoms with Crippen molar-refractivity contribution in [2.75, 3.05) is 39.3 Å². The summed E-state index contributed by atoms with van der Waals surface area (Å²) in [5, 5.41) is 6.85. The Bertz CT molecular complexity index is 309. The molecular weight excluding hydrogens is 224 g/mol. The van der Waals surface area contributed by atoms with Crippen LogP contribution < -0.4 is 10.6 Å². The van der Waals surface area contributed by atoms with Crippen molar-refractivity contribution >= 4 is 0 Å². The summed E-state index contributed by atoms with van der Waals surface area (Å²) in [7, 11) is 0. The van der Waals surface area contributed by atoms with Crippen LogP contribution in [0.1, 0.15) is 18.4 Å². The van der Waals surface area contributed by atoms with E-state index in [1.54, 1.807) is 0 Å². The molecule has 100 valence electrons. The van der Waals surface area contributed by atoms with Gasteiger partial charge in [0.05, 0.1) is 0 Å². The highest BCUT2D eigenvalue weighted by molar-refractivity contribution is 5.07. The summed E-state index contributed by atoms with van der Waals surface area (Å²) >= 11 is 0. The predicted octanol–water partition coefficient (Wildman–Crippen LogP) is 0.857. The van der Waals surface area contributed by atoms with Gasteiger partial charge in [-0.1, -0.05) is 6.07 Å². The van der Waals surface area contributed by atoms with Crippen LogP contribution in [0.25, 0.3) is 0 Å². The van der Waals surface area contributed by atoms with E-state index in [0.717, 1.165) is 26.2 Å². The van der Waals surface area contributed by atoms with Crippen LogP contribution in [-0.4, -0.2) is 49.2 Å². The molecule has 18 heavy (non-hydrogen) atoms. The van der Waals surface area contributed by atoms with Crippen LogP contribution in [0, 0.1) is 0 Å². The van der Waals surface area contributed by atoms with E-state index in [9.17, 15) is 0 Å². The molecule has 1 aromatic heterocycles. The summed E-state index contributed by atoms with van der Waals surface area (Å²) in [5.74, 6) is 0. The molecule has 0 aromatic carbocycles. The Morgan fingerprint density at radius 1 is 1.28 bits per heavy atom. The standard InChI is InChI=1S/C14H24N4/c1(2-9-18-10-7-15-8-11-18)5-16-12-14-4-3-6-17-13-14/h3-4,6,13,15-16H,1-2,5,7-12H2. The maximum absolute atomic E-state index is 4.11. The zero-order chi connectivity index (χ0) is 12.5. The van der Waals surface area contributed by atoms with Gasteiger partial charge < -0.3 is 15.5 Å². The molecular formula is C14H24N4. The second-order valence-corrected chi connectivity index (χ2v) is 4.84. The minimum atomic E-state index is 0.932. The third-order valence-corrected chi connectivity index (χ3v) is 3.34. The largest absolute Gasteiger partial charge is 0.314 e. The zero-order valence-electron chi connectivity index (χ0n) is 11.1. The minimum absolute atomic E-state index is 0.932. The lowest BCUT2D eigenvalue weighted by Crippen LogP contribution is -2.43. The van der Waals surface area contributed by atoms with Gasteiger partial charge in [0.15, 0.2) is 0 Å². The van der Waals surface area contributed by atoms with Crippen LogP contribution in [0.5, 0.6) is 0 Å². The van der Waals surface area contributed by atoms with Crippen molar-refractivity contribution in [2.45, 2.75) is 19.4 Å². The molecule has 0 radical (unpaired) electrons. The number of piperazine rings is 1. The van der Waals surface area contributed by atoms with E-state index < -0.39 is 0 Å². The molecule has 0 saturated carbocycles. The normalized spacial score (nSPS) is 16.9. The first kappa shape index (κ1) is 13.5. The van der Waals surface area contributed by atoms with Crippen LogP contribution in [0.2, 0.25) is 0 Å². The van der Waals surface area contributed by atoms with Crippen molar-refractivity contribution in [3.8, 4) is 0 Å². The van der Waals surface area contributed by atoms with Crippen molar-refractivity contribution in [1.29, 1.82) is 0 Å². The number of unbranched alkanes of at least 4 members (excludes halogenated alkanes) is 1. The van der Waals surface area contributed by atoms with Gasteiger partial charge in [-0.3, -0.25) is 4.98 Å².